The van der Waals surface area contributed by atoms with E-state index in [4.69, 9.17) is 9.47 Å². The number of halogens is 1. The van der Waals surface area contributed by atoms with E-state index in [2.05, 4.69) is 10.3 Å². The first-order valence-corrected chi connectivity index (χ1v) is 8.29. The predicted octanol–water partition coefficient (Wildman–Crippen LogP) is 3.30. The van der Waals surface area contributed by atoms with Gasteiger partial charge in [-0.25, -0.2) is 19.0 Å². The number of alkyl halides is 1. The molecule has 0 aliphatic heterocycles. The minimum atomic E-state index is -1.48. The summed E-state index contributed by atoms with van der Waals surface area (Å²) in [7, 11) is 0. The zero-order valence-electron chi connectivity index (χ0n) is 13.7. The molecule has 1 aromatic rings. The molecule has 0 radical (unpaired) electrons. The van der Waals surface area contributed by atoms with Crippen LogP contribution in [-0.2, 0) is 21.7 Å². The van der Waals surface area contributed by atoms with Gasteiger partial charge in [-0.1, -0.05) is 0 Å². The summed E-state index contributed by atoms with van der Waals surface area (Å²) in [5, 5.41) is 2.99. The molecule has 1 fully saturated rings. The normalized spacial score (nSPS) is 15.9. The van der Waals surface area contributed by atoms with Gasteiger partial charge in [-0.3, -0.25) is 0 Å². The van der Waals surface area contributed by atoms with Crippen molar-refractivity contribution in [1.29, 1.82) is 0 Å². The van der Waals surface area contributed by atoms with Crippen LogP contribution in [0.1, 0.15) is 60.9 Å². The van der Waals surface area contributed by atoms with Crippen molar-refractivity contribution in [3.8, 4) is 0 Å². The molecule has 1 amide bonds. The van der Waals surface area contributed by atoms with E-state index in [-0.39, 0.29) is 23.7 Å². The zero-order valence-corrected chi connectivity index (χ0v) is 14.5. The maximum Gasteiger partial charge on any atom is 0.408 e. The number of thiazole rings is 1. The van der Waals surface area contributed by atoms with E-state index >= 15 is 0 Å². The average molecular weight is 344 g/mol. The highest BCUT2D eigenvalue weighted by molar-refractivity contribution is 7.12. The van der Waals surface area contributed by atoms with E-state index in [1.807, 2.05) is 0 Å². The SMILES string of the molecule is CCOC(=O)c1nc(CNC(=O)OC(C)(C)C)sc1C1(F)CC1. The van der Waals surface area contributed by atoms with Gasteiger partial charge in [-0.2, -0.15) is 0 Å². The molecule has 0 spiro atoms. The summed E-state index contributed by atoms with van der Waals surface area (Å²) in [5.74, 6) is -0.633. The molecule has 1 aromatic heterocycles. The van der Waals surface area contributed by atoms with Gasteiger partial charge in [0.2, 0.25) is 0 Å². The number of nitrogens with one attached hydrogen (secondary N) is 1. The number of alkyl carbamates (subject to hydrolysis) is 1. The van der Waals surface area contributed by atoms with Crippen LogP contribution < -0.4 is 5.32 Å². The number of aromatic nitrogens is 1. The Morgan fingerprint density at radius 3 is 2.57 bits per heavy atom. The van der Waals surface area contributed by atoms with Crippen molar-refractivity contribution in [2.45, 2.75) is 58.4 Å². The highest BCUT2D eigenvalue weighted by Gasteiger charge is 2.49. The third-order valence-corrected chi connectivity index (χ3v) is 4.25. The monoisotopic (exact) mass is 344 g/mol. The summed E-state index contributed by atoms with van der Waals surface area (Å²) >= 11 is 1.09. The maximum absolute atomic E-state index is 14.4. The van der Waals surface area contributed by atoms with Gasteiger partial charge in [0.25, 0.3) is 0 Å². The molecule has 0 saturated heterocycles. The highest BCUT2D eigenvalue weighted by Crippen LogP contribution is 2.52. The Kier molecular flexibility index (Phi) is 4.93. The lowest BCUT2D eigenvalue weighted by Crippen LogP contribution is -2.32. The van der Waals surface area contributed by atoms with Crippen LogP contribution in [0, 0.1) is 0 Å². The van der Waals surface area contributed by atoms with Gasteiger partial charge >= 0.3 is 12.1 Å². The number of amides is 1. The number of hydrogen-bond acceptors (Lipinski definition) is 6. The third kappa shape index (κ3) is 4.63. The van der Waals surface area contributed by atoms with E-state index in [1.54, 1.807) is 27.7 Å². The zero-order chi connectivity index (χ0) is 17.3. The lowest BCUT2D eigenvalue weighted by Gasteiger charge is -2.19. The third-order valence-electron chi connectivity index (χ3n) is 3.02. The molecule has 2 rings (SSSR count). The van der Waals surface area contributed by atoms with Gasteiger partial charge in [0.05, 0.1) is 18.0 Å². The Hall–Kier alpha value is -1.70. The smallest absolute Gasteiger partial charge is 0.408 e. The van der Waals surface area contributed by atoms with Crippen LogP contribution in [0.4, 0.5) is 9.18 Å². The second-order valence-corrected chi connectivity index (χ2v) is 7.41. The molecule has 8 heteroatoms. The van der Waals surface area contributed by atoms with Crippen LogP contribution in [0.15, 0.2) is 0 Å². The minimum absolute atomic E-state index is 0.0119. The summed E-state index contributed by atoms with van der Waals surface area (Å²) < 4.78 is 24.4. The van der Waals surface area contributed by atoms with Gasteiger partial charge in [0, 0.05) is 0 Å². The molecule has 1 aliphatic carbocycles. The van der Waals surface area contributed by atoms with Gasteiger partial charge in [-0.15, -0.1) is 11.3 Å². The highest BCUT2D eigenvalue weighted by atomic mass is 32.1. The summed E-state index contributed by atoms with van der Waals surface area (Å²) in [5.41, 5.74) is -2.08. The molecular weight excluding hydrogens is 323 g/mol. The quantitative estimate of drug-likeness (QED) is 0.829. The molecular formula is C15H21FN2O4S. The fourth-order valence-corrected chi connectivity index (χ4v) is 3.01. The number of carbonyl (C=O) groups is 2. The first-order chi connectivity index (χ1) is 10.6. The number of rotatable bonds is 5. The Bertz CT molecular complexity index is 605. The number of nitrogens with zero attached hydrogens (tertiary/aromatic N) is 1. The van der Waals surface area contributed by atoms with Gasteiger partial charge in [0.15, 0.2) is 5.69 Å². The molecule has 0 aromatic carbocycles. The number of ether oxygens (including phenoxy) is 2. The van der Waals surface area contributed by atoms with Crippen molar-refractivity contribution >= 4 is 23.4 Å². The molecule has 1 saturated carbocycles. The Labute approximate surface area is 138 Å². The van der Waals surface area contributed by atoms with Crippen molar-refractivity contribution in [1.82, 2.24) is 10.3 Å². The van der Waals surface area contributed by atoms with Crippen molar-refractivity contribution in [3.63, 3.8) is 0 Å². The first-order valence-electron chi connectivity index (χ1n) is 7.48. The molecule has 0 unspecified atom stereocenters. The molecule has 6 nitrogen and oxygen atoms in total. The van der Waals surface area contributed by atoms with Crippen LogP contribution in [0.5, 0.6) is 0 Å². The number of carbonyl (C=O) groups excluding carboxylic acids is 2. The summed E-state index contributed by atoms with van der Waals surface area (Å²) in [6.45, 7) is 7.21. The standard InChI is InChI=1S/C15H21FN2O4S/c1-5-21-12(19)10-11(15(16)6-7-15)23-9(18-10)8-17-13(20)22-14(2,3)4/h5-8H2,1-4H3,(H,17,20). The predicted molar refractivity (Wildman–Crippen MR) is 83.2 cm³/mol. The maximum atomic E-state index is 14.4. The largest absolute Gasteiger partial charge is 0.461 e. The Morgan fingerprint density at radius 2 is 2.04 bits per heavy atom. The molecule has 1 N–H and O–H groups in total. The first kappa shape index (κ1) is 17.7. The lowest BCUT2D eigenvalue weighted by atomic mass is 10.2. The summed E-state index contributed by atoms with van der Waals surface area (Å²) in [6, 6.07) is 0. The van der Waals surface area contributed by atoms with Crippen LogP contribution in [0.2, 0.25) is 0 Å². The van der Waals surface area contributed by atoms with E-state index in [0.717, 1.165) is 11.3 Å². The summed E-state index contributed by atoms with van der Waals surface area (Å²) in [6.07, 6.45) is 0.162. The van der Waals surface area contributed by atoms with E-state index < -0.39 is 23.3 Å². The Balaban J connectivity index is 2.08. The molecule has 0 atom stereocenters. The van der Waals surface area contributed by atoms with Crippen LogP contribution in [0.25, 0.3) is 0 Å². The molecule has 1 aliphatic rings. The number of hydrogen-bond donors (Lipinski definition) is 1. The second-order valence-electron chi connectivity index (χ2n) is 6.33. The fourth-order valence-electron chi connectivity index (χ4n) is 1.88. The molecule has 128 valence electrons. The molecule has 23 heavy (non-hydrogen) atoms. The molecule has 1 heterocycles. The van der Waals surface area contributed by atoms with Crippen LogP contribution in [0.3, 0.4) is 0 Å². The fraction of sp³-hybridized carbons (Fsp3) is 0.667. The van der Waals surface area contributed by atoms with E-state index in [1.165, 1.54) is 0 Å². The number of esters is 1. The van der Waals surface area contributed by atoms with E-state index in [0.29, 0.717) is 17.8 Å². The topological polar surface area (TPSA) is 77.5 Å². The van der Waals surface area contributed by atoms with Gasteiger partial charge in [-0.05, 0) is 40.5 Å². The van der Waals surface area contributed by atoms with Gasteiger partial charge in [0.1, 0.15) is 16.3 Å². The average Bonchev–Trinajstić information content (AvgIpc) is 3.01. The van der Waals surface area contributed by atoms with Crippen molar-refractivity contribution in [2.24, 2.45) is 0 Å². The van der Waals surface area contributed by atoms with E-state index in [9.17, 15) is 14.0 Å². The molecule has 0 bridgehead atoms. The second kappa shape index (κ2) is 6.43. The Morgan fingerprint density at radius 1 is 1.39 bits per heavy atom. The van der Waals surface area contributed by atoms with Crippen molar-refractivity contribution < 1.29 is 23.5 Å². The lowest BCUT2D eigenvalue weighted by molar-refractivity contribution is 0.0512. The summed E-state index contributed by atoms with van der Waals surface area (Å²) in [4.78, 5) is 28.0. The van der Waals surface area contributed by atoms with Crippen molar-refractivity contribution in [3.05, 3.63) is 15.6 Å². The van der Waals surface area contributed by atoms with Crippen LogP contribution >= 0.6 is 11.3 Å². The van der Waals surface area contributed by atoms with Gasteiger partial charge < -0.3 is 14.8 Å². The van der Waals surface area contributed by atoms with Crippen molar-refractivity contribution in [2.75, 3.05) is 6.61 Å². The minimum Gasteiger partial charge on any atom is -0.461 e. The van der Waals surface area contributed by atoms with Crippen LogP contribution in [-0.4, -0.2) is 29.3 Å².